The topological polar surface area (TPSA) is 61.4 Å². The van der Waals surface area contributed by atoms with Crippen LogP contribution in [0.1, 0.15) is 44.1 Å². The minimum atomic E-state index is 0. The zero-order chi connectivity index (χ0) is 18.0. The molecule has 1 aromatic carbocycles. The van der Waals surface area contributed by atoms with E-state index in [0.29, 0.717) is 6.10 Å². The Balaban J connectivity index is 0.00000261. The van der Waals surface area contributed by atoms with Gasteiger partial charge in [0.1, 0.15) is 0 Å². The van der Waals surface area contributed by atoms with E-state index in [0.717, 1.165) is 38.5 Å². The minimum Gasteiger partial charge on any atom is -0.378 e. The Kier molecular flexibility index (Phi) is 9.97. The standard InChI is InChI=1S/C21H32N4O.HI/c1-22-21(23-13-7-15-26-18-8-3-2-4-9-18)24-14-12-17-16-25-20-11-6-5-10-19(17)20;/h5-6,10-11,16,18,25H,2-4,7-9,12-15H2,1H3,(H2,22,23,24);1H. The number of ether oxygens (including phenoxy) is 1. The van der Waals surface area contributed by atoms with Gasteiger partial charge in [-0.2, -0.15) is 0 Å². The highest BCUT2D eigenvalue weighted by molar-refractivity contribution is 14.0. The fourth-order valence-corrected chi connectivity index (χ4v) is 3.64. The van der Waals surface area contributed by atoms with Crippen molar-refractivity contribution in [3.05, 3.63) is 36.0 Å². The number of para-hydroxylation sites is 1. The molecule has 1 aromatic heterocycles. The molecule has 150 valence electrons. The Bertz CT molecular complexity index is 694. The van der Waals surface area contributed by atoms with Crippen molar-refractivity contribution in [3.8, 4) is 0 Å². The molecule has 0 radical (unpaired) electrons. The third kappa shape index (κ3) is 6.99. The average Bonchev–Trinajstić information content (AvgIpc) is 3.10. The second-order valence-electron chi connectivity index (χ2n) is 7.02. The van der Waals surface area contributed by atoms with Gasteiger partial charge >= 0.3 is 0 Å². The Morgan fingerprint density at radius 2 is 1.93 bits per heavy atom. The van der Waals surface area contributed by atoms with Crippen LogP contribution in [0.4, 0.5) is 0 Å². The molecule has 0 saturated heterocycles. The molecule has 1 saturated carbocycles. The number of nitrogens with one attached hydrogen (secondary N) is 3. The molecular formula is C21H33IN4O. The van der Waals surface area contributed by atoms with Gasteiger partial charge in [-0.15, -0.1) is 24.0 Å². The smallest absolute Gasteiger partial charge is 0.190 e. The first-order valence-electron chi connectivity index (χ1n) is 9.98. The normalized spacial score (nSPS) is 15.5. The number of aromatic amines is 1. The summed E-state index contributed by atoms with van der Waals surface area (Å²) in [7, 11) is 1.82. The van der Waals surface area contributed by atoms with Gasteiger partial charge in [-0.3, -0.25) is 4.99 Å². The van der Waals surface area contributed by atoms with Gasteiger partial charge in [0.25, 0.3) is 0 Å². The maximum absolute atomic E-state index is 5.97. The lowest BCUT2D eigenvalue weighted by molar-refractivity contribution is 0.0277. The number of aliphatic imine (C=N–C) groups is 1. The molecular weight excluding hydrogens is 451 g/mol. The van der Waals surface area contributed by atoms with Crippen molar-refractivity contribution in [2.45, 2.75) is 51.0 Å². The zero-order valence-corrected chi connectivity index (χ0v) is 18.6. The molecule has 0 atom stereocenters. The van der Waals surface area contributed by atoms with Crippen molar-refractivity contribution in [1.29, 1.82) is 0 Å². The molecule has 6 heteroatoms. The Morgan fingerprint density at radius 1 is 1.15 bits per heavy atom. The maximum atomic E-state index is 5.97. The first kappa shape index (κ1) is 22.0. The van der Waals surface area contributed by atoms with E-state index in [9.17, 15) is 0 Å². The first-order valence-corrected chi connectivity index (χ1v) is 9.98. The Labute approximate surface area is 179 Å². The summed E-state index contributed by atoms with van der Waals surface area (Å²) in [5.41, 5.74) is 2.53. The highest BCUT2D eigenvalue weighted by Crippen LogP contribution is 2.20. The summed E-state index contributed by atoms with van der Waals surface area (Å²) in [5, 5.41) is 8.08. The van der Waals surface area contributed by atoms with Crippen LogP contribution < -0.4 is 10.6 Å². The number of nitrogens with zero attached hydrogens (tertiary/aromatic N) is 1. The van der Waals surface area contributed by atoms with Gasteiger partial charge in [-0.25, -0.2) is 0 Å². The van der Waals surface area contributed by atoms with Crippen molar-refractivity contribution in [3.63, 3.8) is 0 Å². The zero-order valence-electron chi connectivity index (χ0n) is 16.3. The van der Waals surface area contributed by atoms with Gasteiger partial charge in [-0.05, 0) is 37.3 Å². The first-order chi connectivity index (χ1) is 12.9. The number of fused-ring (bicyclic) bond motifs is 1. The van der Waals surface area contributed by atoms with Crippen molar-refractivity contribution >= 4 is 40.8 Å². The van der Waals surface area contributed by atoms with Crippen LogP contribution in [0.5, 0.6) is 0 Å². The maximum Gasteiger partial charge on any atom is 0.190 e. The van der Waals surface area contributed by atoms with Crippen LogP contribution in [0.2, 0.25) is 0 Å². The molecule has 0 aliphatic heterocycles. The summed E-state index contributed by atoms with van der Waals surface area (Å²) in [5.74, 6) is 0.863. The molecule has 0 bridgehead atoms. The Hall–Kier alpha value is -1.28. The molecule has 5 nitrogen and oxygen atoms in total. The summed E-state index contributed by atoms with van der Waals surface area (Å²) >= 11 is 0. The highest BCUT2D eigenvalue weighted by Gasteiger charge is 2.13. The summed E-state index contributed by atoms with van der Waals surface area (Å²) in [6.45, 7) is 2.59. The molecule has 3 rings (SSSR count). The van der Waals surface area contributed by atoms with Gasteiger partial charge in [0.2, 0.25) is 0 Å². The molecule has 3 N–H and O–H groups in total. The van der Waals surface area contributed by atoms with Crippen LogP contribution in [-0.4, -0.2) is 43.8 Å². The Morgan fingerprint density at radius 3 is 2.74 bits per heavy atom. The lowest BCUT2D eigenvalue weighted by atomic mass is 9.98. The number of hydrogen-bond donors (Lipinski definition) is 3. The van der Waals surface area contributed by atoms with Crippen molar-refractivity contribution in [2.24, 2.45) is 4.99 Å². The van der Waals surface area contributed by atoms with Gasteiger partial charge in [0.15, 0.2) is 5.96 Å². The van der Waals surface area contributed by atoms with E-state index < -0.39 is 0 Å². The summed E-state index contributed by atoms with van der Waals surface area (Å²) in [4.78, 5) is 7.63. The molecule has 1 heterocycles. The van der Waals surface area contributed by atoms with Crippen molar-refractivity contribution in [1.82, 2.24) is 15.6 Å². The molecule has 2 aromatic rings. The van der Waals surface area contributed by atoms with E-state index >= 15 is 0 Å². The van der Waals surface area contributed by atoms with Crippen LogP contribution in [-0.2, 0) is 11.2 Å². The fraction of sp³-hybridized carbons (Fsp3) is 0.571. The average molecular weight is 484 g/mol. The van der Waals surface area contributed by atoms with Gasteiger partial charge in [-0.1, -0.05) is 37.5 Å². The van der Waals surface area contributed by atoms with Crippen LogP contribution in [0.25, 0.3) is 10.9 Å². The van der Waals surface area contributed by atoms with Gasteiger partial charge < -0.3 is 20.4 Å². The number of aromatic nitrogens is 1. The minimum absolute atomic E-state index is 0. The lowest BCUT2D eigenvalue weighted by Crippen LogP contribution is -2.39. The van der Waals surface area contributed by atoms with Crippen LogP contribution in [0, 0.1) is 0 Å². The second kappa shape index (κ2) is 12.2. The quantitative estimate of drug-likeness (QED) is 0.228. The molecule has 1 aliphatic carbocycles. The number of guanidine groups is 1. The van der Waals surface area contributed by atoms with Gasteiger partial charge in [0.05, 0.1) is 6.10 Å². The predicted octanol–water partition coefficient (Wildman–Crippen LogP) is 4.23. The molecule has 1 fully saturated rings. The van der Waals surface area contributed by atoms with E-state index in [2.05, 4.69) is 51.1 Å². The molecule has 1 aliphatic rings. The number of halogens is 1. The highest BCUT2D eigenvalue weighted by atomic mass is 127. The summed E-state index contributed by atoms with van der Waals surface area (Å²) in [6.07, 6.45) is 11.1. The van der Waals surface area contributed by atoms with Crippen LogP contribution in [0.3, 0.4) is 0 Å². The fourth-order valence-electron chi connectivity index (χ4n) is 3.64. The SMILES string of the molecule is CN=C(NCCCOC1CCCCC1)NCCc1c[nH]c2ccccc12.I. The van der Waals surface area contributed by atoms with E-state index in [4.69, 9.17) is 4.74 Å². The molecule has 27 heavy (non-hydrogen) atoms. The molecule has 0 unspecified atom stereocenters. The molecule has 0 amide bonds. The monoisotopic (exact) mass is 484 g/mol. The summed E-state index contributed by atoms with van der Waals surface area (Å²) in [6, 6.07) is 8.43. The van der Waals surface area contributed by atoms with Gasteiger partial charge in [0, 0.05) is 43.8 Å². The van der Waals surface area contributed by atoms with E-state index in [1.54, 1.807) is 0 Å². The molecule has 0 spiro atoms. The number of H-pyrrole nitrogens is 1. The third-order valence-corrected chi connectivity index (χ3v) is 5.10. The van der Waals surface area contributed by atoms with Crippen molar-refractivity contribution < 1.29 is 4.74 Å². The van der Waals surface area contributed by atoms with E-state index in [1.807, 2.05) is 7.05 Å². The van der Waals surface area contributed by atoms with Crippen molar-refractivity contribution in [2.75, 3.05) is 26.7 Å². The largest absolute Gasteiger partial charge is 0.378 e. The number of benzene rings is 1. The predicted molar refractivity (Wildman–Crippen MR) is 124 cm³/mol. The van der Waals surface area contributed by atoms with Crippen LogP contribution >= 0.6 is 24.0 Å². The van der Waals surface area contributed by atoms with E-state index in [1.165, 1.54) is 48.6 Å². The van der Waals surface area contributed by atoms with Crippen LogP contribution in [0.15, 0.2) is 35.5 Å². The second-order valence-corrected chi connectivity index (χ2v) is 7.02. The summed E-state index contributed by atoms with van der Waals surface area (Å²) < 4.78 is 5.97. The third-order valence-electron chi connectivity index (χ3n) is 5.10. The lowest BCUT2D eigenvalue weighted by Gasteiger charge is -2.22. The number of rotatable bonds is 8. The number of hydrogen-bond acceptors (Lipinski definition) is 2. The van der Waals surface area contributed by atoms with E-state index in [-0.39, 0.29) is 24.0 Å².